The van der Waals surface area contributed by atoms with Crippen LogP contribution >= 0.6 is 0 Å². The largest absolute Gasteiger partial charge is 0.494 e. The average Bonchev–Trinajstić information content (AvgIpc) is 2.49. The van der Waals surface area contributed by atoms with E-state index in [1.165, 1.54) is 16.7 Å². The first-order valence-corrected chi connectivity index (χ1v) is 7.56. The summed E-state index contributed by atoms with van der Waals surface area (Å²) in [6, 6.07) is 17.0. The fraction of sp³-hybridized carbons (Fsp3) is 0.368. The van der Waals surface area contributed by atoms with Gasteiger partial charge in [0.15, 0.2) is 0 Å². The molecule has 0 aliphatic rings. The van der Waals surface area contributed by atoms with E-state index in [-0.39, 0.29) is 5.41 Å². The number of nitrogens with two attached hydrogens (primary N) is 1. The Hall–Kier alpha value is -1.80. The predicted octanol–water partition coefficient (Wildman–Crippen LogP) is 3.85. The Morgan fingerprint density at radius 2 is 1.81 bits per heavy atom. The van der Waals surface area contributed by atoms with Gasteiger partial charge in [0.1, 0.15) is 5.75 Å². The first-order valence-electron chi connectivity index (χ1n) is 7.56. The molecular formula is C19H25NO. The third-order valence-electron chi connectivity index (χ3n) is 3.99. The highest BCUT2D eigenvalue weighted by molar-refractivity contribution is 5.34. The lowest BCUT2D eigenvalue weighted by molar-refractivity contribution is 0.340. The molecule has 0 saturated carbocycles. The summed E-state index contributed by atoms with van der Waals surface area (Å²) in [5.74, 6) is 0.922. The summed E-state index contributed by atoms with van der Waals surface area (Å²) in [6.45, 7) is 7.68. The molecule has 2 N–H and O–H groups in total. The molecule has 0 heterocycles. The molecule has 1 unspecified atom stereocenters. The molecule has 0 saturated heterocycles. The zero-order valence-electron chi connectivity index (χ0n) is 13.2. The van der Waals surface area contributed by atoms with E-state index in [4.69, 9.17) is 10.5 Å². The molecule has 112 valence electrons. The van der Waals surface area contributed by atoms with E-state index < -0.39 is 0 Å². The summed E-state index contributed by atoms with van der Waals surface area (Å²) in [5, 5.41) is 0. The van der Waals surface area contributed by atoms with E-state index in [0.717, 1.165) is 12.2 Å². The monoisotopic (exact) mass is 283 g/mol. The van der Waals surface area contributed by atoms with Gasteiger partial charge in [0.05, 0.1) is 6.61 Å². The topological polar surface area (TPSA) is 35.2 Å². The van der Waals surface area contributed by atoms with Gasteiger partial charge < -0.3 is 10.5 Å². The Morgan fingerprint density at radius 1 is 1.10 bits per heavy atom. The van der Waals surface area contributed by atoms with Gasteiger partial charge in [-0.05, 0) is 43.5 Å². The van der Waals surface area contributed by atoms with Gasteiger partial charge in [-0.1, -0.05) is 48.9 Å². The van der Waals surface area contributed by atoms with Gasteiger partial charge in [-0.2, -0.15) is 0 Å². The second-order valence-electron chi connectivity index (χ2n) is 5.89. The molecule has 2 aromatic rings. The van der Waals surface area contributed by atoms with Crippen molar-refractivity contribution in [2.75, 3.05) is 13.2 Å². The molecule has 0 aliphatic heterocycles. The number of hydrogen-bond acceptors (Lipinski definition) is 2. The maximum absolute atomic E-state index is 6.09. The standard InChI is InChI=1S/C19H25NO/c1-4-21-18-10-8-16(9-11-18)13-19(3,14-20)17-7-5-6-15(2)12-17/h5-12H,4,13-14,20H2,1-3H3. The van der Waals surface area contributed by atoms with Crippen molar-refractivity contribution in [3.8, 4) is 5.75 Å². The van der Waals surface area contributed by atoms with Crippen LogP contribution in [-0.4, -0.2) is 13.2 Å². The van der Waals surface area contributed by atoms with Crippen molar-refractivity contribution < 1.29 is 4.74 Å². The predicted molar refractivity (Wildman–Crippen MR) is 88.9 cm³/mol. The van der Waals surface area contributed by atoms with Crippen molar-refractivity contribution in [3.05, 3.63) is 65.2 Å². The molecule has 2 nitrogen and oxygen atoms in total. The molecule has 21 heavy (non-hydrogen) atoms. The normalized spacial score (nSPS) is 13.7. The van der Waals surface area contributed by atoms with Crippen molar-refractivity contribution in [1.29, 1.82) is 0 Å². The van der Waals surface area contributed by atoms with Crippen LogP contribution in [0.15, 0.2) is 48.5 Å². The Kier molecular flexibility index (Phi) is 5.03. The van der Waals surface area contributed by atoms with E-state index in [0.29, 0.717) is 13.2 Å². The fourth-order valence-corrected chi connectivity index (χ4v) is 2.63. The number of aryl methyl sites for hydroxylation is 1. The first-order chi connectivity index (χ1) is 10.1. The highest BCUT2D eigenvalue weighted by Gasteiger charge is 2.25. The quantitative estimate of drug-likeness (QED) is 0.874. The van der Waals surface area contributed by atoms with Crippen LogP contribution in [-0.2, 0) is 11.8 Å². The number of rotatable bonds is 6. The van der Waals surface area contributed by atoms with Crippen LogP contribution in [0.5, 0.6) is 5.75 Å². The smallest absolute Gasteiger partial charge is 0.119 e. The van der Waals surface area contributed by atoms with Crippen LogP contribution in [0.3, 0.4) is 0 Å². The molecule has 0 aliphatic carbocycles. The van der Waals surface area contributed by atoms with E-state index >= 15 is 0 Å². The zero-order valence-corrected chi connectivity index (χ0v) is 13.2. The summed E-state index contributed by atoms with van der Waals surface area (Å²) >= 11 is 0. The van der Waals surface area contributed by atoms with Crippen molar-refractivity contribution >= 4 is 0 Å². The number of benzene rings is 2. The summed E-state index contributed by atoms with van der Waals surface area (Å²) in [6.07, 6.45) is 0.930. The van der Waals surface area contributed by atoms with Crippen LogP contribution in [0.2, 0.25) is 0 Å². The molecule has 0 bridgehead atoms. The molecule has 2 aromatic carbocycles. The van der Waals surface area contributed by atoms with Gasteiger partial charge in [-0.3, -0.25) is 0 Å². The zero-order chi connectivity index (χ0) is 15.3. The minimum absolute atomic E-state index is 0.0425. The molecule has 1 atom stereocenters. The lowest BCUT2D eigenvalue weighted by atomic mass is 9.77. The van der Waals surface area contributed by atoms with Gasteiger partial charge >= 0.3 is 0 Å². The van der Waals surface area contributed by atoms with E-state index in [9.17, 15) is 0 Å². The van der Waals surface area contributed by atoms with Gasteiger partial charge in [0.25, 0.3) is 0 Å². The third kappa shape index (κ3) is 3.85. The maximum Gasteiger partial charge on any atom is 0.119 e. The Morgan fingerprint density at radius 3 is 2.38 bits per heavy atom. The highest BCUT2D eigenvalue weighted by Crippen LogP contribution is 2.28. The van der Waals surface area contributed by atoms with Crippen molar-refractivity contribution in [2.45, 2.75) is 32.6 Å². The van der Waals surface area contributed by atoms with E-state index in [1.54, 1.807) is 0 Å². The second-order valence-corrected chi connectivity index (χ2v) is 5.89. The van der Waals surface area contributed by atoms with Crippen molar-refractivity contribution in [2.24, 2.45) is 5.73 Å². The SMILES string of the molecule is CCOc1ccc(CC(C)(CN)c2cccc(C)c2)cc1. The third-order valence-corrected chi connectivity index (χ3v) is 3.99. The molecule has 0 aromatic heterocycles. The van der Waals surface area contributed by atoms with E-state index in [2.05, 4.69) is 50.2 Å². The molecule has 0 fully saturated rings. The summed E-state index contributed by atoms with van der Waals surface area (Å²) in [7, 11) is 0. The summed E-state index contributed by atoms with van der Waals surface area (Å²) in [5.41, 5.74) is 9.91. The van der Waals surface area contributed by atoms with Crippen LogP contribution in [0.1, 0.15) is 30.5 Å². The van der Waals surface area contributed by atoms with Gasteiger partial charge in [-0.15, -0.1) is 0 Å². The van der Waals surface area contributed by atoms with Crippen molar-refractivity contribution in [3.63, 3.8) is 0 Å². The van der Waals surface area contributed by atoms with Crippen LogP contribution in [0.4, 0.5) is 0 Å². The maximum atomic E-state index is 6.09. The molecular weight excluding hydrogens is 258 g/mol. The molecule has 2 heteroatoms. The molecule has 2 rings (SSSR count). The van der Waals surface area contributed by atoms with Crippen LogP contribution < -0.4 is 10.5 Å². The number of ether oxygens (including phenoxy) is 1. The highest BCUT2D eigenvalue weighted by atomic mass is 16.5. The van der Waals surface area contributed by atoms with Gasteiger partial charge in [0.2, 0.25) is 0 Å². The van der Waals surface area contributed by atoms with Gasteiger partial charge in [0, 0.05) is 12.0 Å². The minimum Gasteiger partial charge on any atom is -0.494 e. The lowest BCUT2D eigenvalue weighted by Crippen LogP contribution is -2.34. The Balaban J connectivity index is 2.21. The Bertz CT molecular complexity index is 576. The second kappa shape index (κ2) is 6.77. The molecule has 0 spiro atoms. The van der Waals surface area contributed by atoms with Gasteiger partial charge in [-0.25, -0.2) is 0 Å². The van der Waals surface area contributed by atoms with Crippen LogP contribution in [0.25, 0.3) is 0 Å². The molecule has 0 radical (unpaired) electrons. The summed E-state index contributed by atoms with van der Waals surface area (Å²) in [4.78, 5) is 0. The average molecular weight is 283 g/mol. The molecule has 0 amide bonds. The Labute approximate surface area is 127 Å². The van der Waals surface area contributed by atoms with Crippen molar-refractivity contribution in [1.82, 2.24) is 0 Å². The summed E-state index contributed by atoms with van der Waals surface area (Å²) < 4.78 is 5.49. The first kappa shape index (κ1) is 15.6. The minimum atomic E-state index is -0.0425. The fourth-order valence-electron chi connectivity index (χ4n) is 2.63. The number of hydrogen-bond donors (Lipinski definition) is 1. The van der Waals surface area contributed by atoms with E-state index in [1.807, 2.05) is 19.1 Å². The van der Waals surface area contributed by atoms with Crippen LogP contribution in [0, 0.1) is 6.92 Å². The lowest BCUT2D eigenvalue weighted by Gasteiger charge is -2.29.